The first-order valence-electron chi connectivity index (χ1n) is 4.81. The normalized spacial score (nSPS) is 28.3. The second-order valence-electron chi connectivity index (χ2n) is 3.84. The Morgan fingerprint density at radius 2 is 1.79 bits per heavy atom. The molecule has 0 aromatic heterocycles. The van der Waals surface area contributed by atoms with E-state index in [4.69, 9.17) is 4.74 Å². The van der Waals surface area contributed by atoms with Gasteiger partial charge in [-0.1, -0.05) is 19.8 Å². The molecule has 1 nitrogen and oxygen atoms in total. The van der Waals surface area contributed by atoms with Crippen LogP contribution in [0.4, 0.5) is 12.9 Å². The summed E-state index contributed by atoms with van der Waals surface area (Å²) in [6.07, 6.45) is 3.73. The van der Waals surface area contributed by atoms with Crippen molar-refractivity contribution in [2.45, 2.75) is 38.7 Å². The molecule has 1 saturated carbocycles. The van der Waals surface area contributed by atoms with Crippen LogP contribution in [0.2, 0.25) is 0 Å². The minimum absolute atomic E-state index is 0. The predicted molar refractivity (Wildman–Crippen MR) is 46.5 cm³/mol. The summed E-state index contributed by atoms with van der Waals surface area (Å²) in [4.78, 5) is 0. The van der Waals surface area contributed by atoms with E-state index < -0.39 is 13.5 Å². The van der Waals surface area contributed by atoms with Gasteiger partial charge in [0.05, 0.1) is 6.10 Å². The van der Waals surface area contributed by atoms with Crippen LogP contribution >= 0.6 is 0 Å². The number of ether oxygens (including phenoxy) is 1. The van der Waals surface area contributed by atoms with Crippen LogP contribution in [0.5, 0.6) is 0 Å². The van der Waals surface area contributed by atoms with Crippen LogP contribution in [0.15, 0.2) is 0 Å². The molecule has 1 aliphatic carbocycles. The molecule has 0 saturated heterocycles. The zero-order valence-electron chi connectivity index (χ0n) is 8.81. The second kappa shape index (κ2) is 6.91. The molecule has 14 heavy (non-hydrogen) atoms. The molecule has 0 spiro atoms. The molecule has 1 fully saturated rings. The van der Waals surface area contributed by atoms with Crippen molar-refractivity contribution in [3.8, 4) is 0 Å². The number of hydrogen-bond acceptors (Lipinski definition) is 1. The van der Waals surface area contributed by atoms with Gasteiger partial charge < -0.3 is 17.7 Å². The topological polar surface area (TPSA) is 9.23 Å². The molecular weight excluding hydrogens is 219 g/mol. The summed E-state index contributed by atoms with van der Waals surface area (Å²) in [6, 6.07) is 0. The summed E-state index contributed by atoms with van der Waals surface area (Å²) in [5.74, 6) is 0.284. The average molecular weight is 234 g/mol. The molecule has 0 aromatic carbocycles. The van der Waals surface area contributed by atoms with E-state index in [-0.39, 0.29) is 63.4 Å². The molecule has 0 aromatic rings. The molecule has 0 aliphatic heterocycles. The van der Waals surface area contributed by atoms with Crippen LogP contribution in [-0.4, -0.2) is 19.6 Å². The van der Waals surface area contributed by atoms with Crippen molar-refractivity contribution < 1.29 is 69.1 Å². The number of rotatable bonds is 3. The molecule has 0 amide bonds. The average Bonchev–Trinajstić information content (AvgIpc) is 2.01. The molecule has 1 aliphatic rings. The van der Waals surface area contributed by atoms with Crippen LogP contribution in [0.25, 0.3) is 0 Å². The summed E-state index contributed by atoms with van der Waals surface area (Å²) in [5, 5.41) is 0. The SMILES string of the molecule is CC1CCCCC1OC[B-](F)(F)F.[K+]. The van der Waals surface area contributed by atoms with Crippen molar-refractivity contribution >= 4 is 6.98 Å². The summed E-state index contributed by atoms with van der Waals surface area (Å²) in [5.41, 5.74) is 0. The van der Waals surface area contributed by atoms with Gasteiger partial charge in [0, 0.05) is 6.51 Å². The van der Waals surface area contributed by atoms with Gasteiger partial charge in [-0.05, 0) is 18.8 Å². The fourth-order valence-corrected chi connectivity index (χ4v) is 1.76. The Kier molecular flexibility index (Phi) is 7.63. The Hall–Kier alpha value is 1.45. The molecule has 1 rings (SSSR count). The van der Waals surface area contributed by atoms with Gasteiger partial charge in [0.25, 0.3) is 0 Å². The van der Waals surface area contributed by atoms with Gasteiger partial charge in [0.1, 0.15) is 0 Å². The Balaban J connectivity index is 0.00000169. The molecule has 2 unspecified atom stereocenters. The molecule has 78 valence electrons. The molecular formula is C8H15BF3KO. The zero-order chi connectivity index (χ0) is 9.90. The maximum atomic E-state index is 11.9. The summed E-state index contributed by atoms with van der Waals surface area (Å²) in [6.45, 7) is -3.84. The second-order valence-corrected chi connectivity index (χ2v) is 3.84. The third-order valence-corrected chi connectivity index (χ3v) is 2.53. The van der Waals surface area contributed by atoms with Gasteiger partial charge in [-0.25, -0.2) is 0 Å². The Morgan fingerprint density at radius 3 is 2.29 bits per heavy atom. The molecule has 0 radical (unpaired) electrons. The van der Waals surface area contributed by atoms with E-state index in [1.54, 1.807) is 0 Å². The third kappa shape index (κ3) is 6.13. The van der Waals surface area contributed by atoms with E-state index in [2.05, 4.69) is 0 Å². The van der Waals surface area contributed by atoms with Crippen molar-refractivity contribution in [1.29, 1.82) is 0 Å². The number of hydrogen-bond donors (Lipinski definition) is 0. The largest absolute Gasteiger partial charge is 1.00 e. The van der Waals surface area contributed by atoms with Gasteiger partial charge in [-0.3, -0.25) is 0 Å². The van der Waals surface area contributed by atoms with Gasteiger partial charge in [0.2, 0.25) is 0 Å². The zero-order valence-corrected chi connectivity index (χ0v) is 11.9. The van der Waals surface area contributed by atoms with Crippen LogP contribution in [-0.2, 0) is 4.74 Å². The Bertz CT molecular complexity index is 165. The van der Waals surface area contributed by atoms with Gasteiger partial charge in [0.15, 0.2) is 0 Å². The van der Waals surface area contributed by atoms with Crippen LogP contribution < -0.4 is 51.4 Å². The Labute approximate surface area is 126 Å². The molecule has 0 N–H and O–H groups in total. The standard InChI is InChI=1S/C8H15BF3O.K/c1-7-4-2-3-5-8(7)13-6-9(10,11)12;/h7-8H,2-6H2,1H3;/q-1;+1. The predicted octanol–water partition coefficient (Wildman–Crippen LogP) is -0.0277. The van der Waals surface area contributed by atoms with E-state index in [0.717, 1.165) is 25.7 Å². The van der Waals surface area contributed by atoms with Gasteiger partial charge in [-0.15, -0.1) is 0 Å². The third-order valence-electron chi connectivity index (χ3n) is 2.53. The quantitative estimate of drug-likeness (QED) is 0.623. The summed E-state index contributed by atoms with van der Waals surface area (Å²) < 4.78 is 40.5. The van der Waals surface area contributed by atoms with Crippen LogP contribution in [0, 0.1) is 5.92 Å². The van der Waals surface area contributed by atoms with Gasteiger partial charge >= 0.3 is 58.4 Å². The van der Waals surface area contributed by atoms with E-state index in [9.17, 15) is 12.9 Å². The van der Waals surface area contributed by atoms with Crippen LogP contribution in [0.1, 0.15) is 32.6 Å². The Morgan fingerprint density at radius 1 is 1.21 bits per heavy atom. The summed E-state index contributed by atoms with van der Waals surface area (Å²) >= 11 is 0. The first-order valence-corrected chi connectivity index (χ1v) is 4.81. The maximum Gasteiger partial charge on any atom is 1.00 e. The molecule has 6 heteroatoms. The van der Waals surface area contributed by atoms with Crippen molar-refractivity contribution in [2.75, 3.05) is 6.51 Å². The van der Waals surface area contributed by atoms with E-state index >= 15 is 0 Å². The van der Waals surface area contributed by atoms with E-state index in [1.165, 1.54) is 0 Å². The van der Waals surface area contributed by atoms with Crippen molar-refractivity contribution in [2.24, 2.45) is 5.92 Å². The molecule has 0 heterocycles. The van der Waals surface area contributed by atoms with Crippen molar-refractivity contribution in [3.63, 3.8) is 0 Å². The first kappa shape index (κ1) is 15.5. The van der Waals surface area contributed by atoms with Crippen molar-refractivity contribution in [3.05, 3.63) is 0 Å². The fraction of sp³-hybridized carbons (Fsp3) is 1.00. The van der Waals surface area contributed by atoms with Gasteiger partial charge in [-0.2, -0.15) is 0 Å². The minimum Gasteiger partial charge on any atom is -0.447 e. The molecule has 2 atom stereocenters. The number of halogens is 3. The first-order chi connectivity index (χ1) is 5.99. The van der Waals surface area contributed by atoms with Crippen molar-refractivity contribution in [1.82, 2.24) is 0 Å². The smallest absolute Gasteiger partial charge is 0.447 e. The fourth-order valence-electron chi connectivity index (χ4n) is 1.76. The molecule has 0 bridgehead atoms. The van der Waals surface area contributed by atoms with E-state index in [0.29, 0.717) is 0 Å². The van der Waals surface area contributed by atoms with E-state index in [1.807, 2.05) is 6.92 Å². The maximum absolute atomic E-state index is 11.9. The monoisotopic (exact) mass is 234 g/mol. The minimum atomic E-state index is -4.77. The van der Waals surface area contributed by atoms with Crippen LogP contribution in [0.3, 0.4) is 0 Å². The summed E-state index contributed by atoms with van der Waals surface area (Å²) in [7, 11) is 0.